The molecule has 0 bridgehead atoms. The van der Waals surface area contributed by atoms with E-state index in [1.165, 1.54) is 0 Å². The zero-order valence-corrected chi connectivity index (χ0v) is 25.4. The third kappa shape index (κ3) is 10.1. The van der Waals surface area contributed by atoms with Crippen LogP contribution in [0.4, 0.5) is 15.3 Å². The number of carbonyl (C=O) groups excluding carboxylic acids is 4. The van der Waals surface area contributed by atoms with Crippen LogP contribution in [-0.4, -0.2) is 71.5 Å². The molecule has 43 heavy (non-hydrogen) atoms. The third-order valence-electron chi connectivity index (χ3n) is 7.79. The van der Waals surface area contributed by atoms with Crippen molar-refractivity contribution in [2.45, 2.75) is 83.7 Å². The summed E-state index contributed by atoms with van der Waals surface area (Å²) < 4.78 is 10.9. The Morgan fingerprint density at radius 2 is 1.77 bits per heavy atom. The molecule has 2 aliphatic heterocycles. The van der Waals surface area contributed by atoms with E-state index in [-0.39, 0.29) is 37.0 Å². The first-order valence-corrected chi connectivity index (χ1v) is 15.1. The van der Waals surface area contributed by atoms with Gasteiger partial charge in [0.15, 0.2) is 0 Å². The summed E-state index contributed by atoms with van der Waals surface area (Å²) >= 11 is 0. The first-order chi connectivity index (χ1) is 20.6. The number of anilines is 1. The average Bonchev–Trinajstić information content (AvgIpc) is 2.98. The number of alkyl carbamates (subject to hydrolysis) is 1. The van der Waals surface area contributed by atoms with Gasteiger partial charge in [0.2, 0.25) is 0 Å². The predicted molar refractivity (Wildman–Crippen MR) is 163 cm³/mol. The average molecular weight is 593 g/mol. The first-order valence-electron chi connectivity index (χ1n) is 15.1. The maximum atomic E-state index is 12.8. The minimum atomic E-state index is -0.676. The fourth-order valence-electron chi connectivity index (χ4n) is 5.63. The molecule has 3 amide bonds. The monoisotopic (exact) mass is 592 g/mol. The predicted octanol–water partition coefficient (Wildman–Crippen LogP) is 5.12. The molecule has 10 nitrogen and oxygen atoms in total. The highest BCUT2D eigenvalue weighted by atomic mass is 16.6. The summed E-state index contributed by atoms with van der Waals surface area (Å²) in [5.74, 6) is -0.712. The van der Waals surface area contributed by atoms with E-state index in [1.807, 2.05) is 59.5 Å². The number of amides is 3. The van der Waals surface area contributed by atoms with Crippen LogP contribution in [0.3, 0.4) is 0 Å². The number of benzene rings is 2. The lowest BCUT2D eigenvalue weighted by Crippen LogP contribution is -2.51. The number of para-hydroxylation sites is 1. The Morgan fingerprint density at radius 3 is 2.47 bits per heavy atom. The van der Waals surface area contributed by atoms with Gasteiger partial charge < -0.3 is 34.7 Å². The normalized spacial score (nSPS) is 17.3. The molecular formula is C33H44N4O6. The van der Waals surface area contributed by atoms with Crippen LogP contribution >= 0.6 is 0 Å². The number of nitrogens with zero attached hydrogens (tertiary/aromatic N) is 2. The van der Waals surface area contributed by atoms with Crippen molar-refractivity contribution < 1.29 is 28.7 Å². The van der Waals surface area contributed by atoms with Crippen LogP contribution < -0.4 is 10.6 Å². The van der Waals surface area contributed by atoms with Gasteiger partial charge in [0.1, 0.15) is 18.5 Å². The Hall–Kier alpha value is -3.92. The Labute approximate surface area is 254 Å². The van der Waals surface area contributed by atoms with Crippen LogP contribution in [0.5, 0.6) is 0 Å². The quantitative estimate of drug-likeness (QED) is 0.260. The van der Waals surface area contributed by atoms with Crippen molar-refractivity contribution in [2.75, 3.05) is 25.0 Å². The Kier molecular flexibility index (Phi) is 11.2. The second-order valence-electron chi connectivity index (χ2n) is 12.4. The highest BCUT2D eigenvalue weighted by Gasteiger charge is 2.32. The molecule has 1 fully saturated rings. The summed E-state index contributed by atoms with van der Waals surface area (Å²) in [5, 5.41) is 5.87. The van der Waals surface area contributed by atoms with Crippen molar-refractivity contribution in [1.82, 2.24) is 15.1 Å². The van der Waals surface area contributed by atoms with Crippen molar-refractivity contribution in [1.29, 1.82) is 0 Å². The second kappa shape index (κ2) is 15.0. The summed E-state index contributed by atoms with van der Waals surface area (Å²) in [4.78, 5) is 54.2. The van der Waals surface area contributed by atoms with E-state index in [4.69, 9.17) is 9.47 Å². The zero-order valence-electron chi connectivity index (χ0n) is 25.4. The van der Waals surface area contributed by atoms with E-state index in [2.05, 4.69) is 15.5 Å². The topological polar surface area (TPSA) is 117 Å². The number of carbonyl (C=O) groups is 4. The highest BCUT2D eigenvalue weighted by molar-refractivity contribution is 5.92. The Balaban J connectivity index is 1.28. The molecule has 2 aliphatic rings. The molecule has 2 atom stereocenters. The van der Waals surface area contributed by atoms with Gasteiger partial charge in [-0.25, -0.2) is 9.59 Å². The number of piperidine rings is 1. The van der Waals surface area contributed by atoms with Gasteiger partial charge in [-0.2, -0.15) is 0 Å². The number of aldehydes is 1. The summed E-state index contributed by atoms with van der Waals surface area (Å²) in [6.45, 7) is 8.19. The van der Waals surface area contributed by atoms with Gasteiger partial charge in [-0.05, 0) is 63.6 Å². The van der Waals surface area contributed by atoms with Crippen LogP contribution in [0.25, 0.3) is 0 Å². The van der Waals surface area contributed by atoms with E-state index in [1.54, 1.807) is 20.8 Å². The number of esters is 1. The van der Waals surface area contributed by atoms with Gasteiger partial charge in [-0.15, -0.1) is 0 Å². The number of nitrogens with one attached hydrogen (secondary N) is 2. The SMILES string of the molecule is CC(C)(C)OC(=O)NC(CCC(=O)OCc1ccccc1)CC(C=O)CN1CCC(N2Cc3ccccc3NC2=O)CC1. The van der Waals surface area contributed by atoms with Crippen LogP contribution in [-0.2, 0) is 32.2 Å². The molecule has 0 aliphatic carbocycles. The van der Waals surface area contributed by atoms with Gasteiger partial charge in [-0.1, -0.05) is 48.5 Å². The third-order valence-corrected chi connectivity index (χ3v) is 7.79. The molecule has 2 unspecified atom stereocenters. The van der Waals surface area contributed by atoms with Crippen LogP contribution in [0.2, 0.25) is 0 Å². The van der Waals surface area contributed by atoms with E-state index in [0.717, 1.165) is 49.0 Å². The van der Waals surface area contributed by atoms with Crippen molar-refractivity contribution in [3.05, 3.63) is 65.7 Å². The van der Waals surface area contributed by atoms with Gasteiger partial charge in [0, 0.05) is 56.3 Å². The molecule has 2 heterocycles. The maximum absolute atomic E-state index is 12.8. The molecule has 0 saturated carbocycles. The Bertz CT molecular complexity index is 1240. The lowest BCUT2D eigenvalue weighted by molar-refractivity contribution is -0.145. The highest BCUT2D eigenvalue weighted by Crippen LogP contribution is 2.28. The minimum Gasteiger partial charge on any atom is -0.461 e. The van der Waals surface area contributed by atoms with Crippen molar-refractivity contribution in [3.63, 3.8) is 0 Å². The molecule has 1 saturated heterocycles. The first kappa shape index (κ1) is 32.0. The van der Waals surface area contributed by atoms with Crippen LogP contribution in [0.1, 0.15) is 64.0 Å². The summed E-state index contributed by atoms with van der Waals surface area (Å²) in [5.41, 5.74) is 2.20. The number of ether oxygens (including phenoxy) is 2. The number of hydrogen-bond acceptors (Lipinski definition) is 7. The second-order valence-corrected chi connectivity index (χ2v) is 12.4. The molecular weight excluding hydrogens is 548 g/mol. The number of urea groups is 1. The largest absolute Gasteiger partial charge is 0.461 e. The molecule has 0 aromatic heterocycles. The van der Waals surface area contributed by atoms with E-state index in [0.29, 0.717) is 25.9 Å². The minimum absolute atomic E-state index is 0.0683. The van der Waals surface area contributed by atoms with Gasteiger partial charge in [0.25, 0.3) is 0 Å². The molecule has 4 rings (SSSR count). The molecule has 2 aromatic carbocycles. The lowest BCUT2D eigenvalue weighted by atomic mass is 9.95. The number of hydrogen-bond donors (Lipinski definition) is 2. The zero-order chi connectivity index (χ0) is 30.8. The molecule has 232 valence electrons. The molecule has 0 spiro atoms. The van der Waals surface area contributed by atoms with E-state index < -0.39 is 17.7 Å². The van der Waals surface area contributed by atoms with E-state index >= 15 is 0 Å². The number of likely N-dealkylation sites (tertiary alicyclic amines) is 1. The molecule has 2 N–H and O–H groups in total. The van der Waals surface area contributed by atoms with E-state index in [9.17, 15) is 19.2 Å². The number of fused-ring (bicyclic) bond motifs is 1. The van der Waals surface area contributed by atoms with Crippen molar-refractivity contribution in [3.8, 4) is 0 Å². The van der Waals surface area contributed by atoms with Gasteiger partial charge in [-0.3, -0.25) is 4.79 Å². The lowest BCUT2D eigenvalue weighted by Gasteiger charge is -2.41. The molecule has 2 aromatic rings. The summed E-state index contributed by atoms with van der Waals surface area (Å²) in [6.07, 6.45) is 2.78. The molecule has 10 heteroatoms. The summed E-state index contributed by atoms with van der Waals surface area (Å²) in [7, 11) is 0. The smallest absolute Gasteiger partial charge is 0.407 e. The summed E-state index contributed by atoms with van der Waals surface area (Å²) in [6, 6.07) is 16.9. The fourth-order valence-corrected chi connectivity index (χ4v) is 5.63. The van der Waals surface area contributed by atoms with Crippen molar-refractivity contribution in [2.24, 2.45) is 5.92 Å². The van der Waals surface area contributed by atoms with Crippen LogP contribution in [0, 0.1) is 5.92 Å². The van der Waals surface area contributed by atoms with Crippen LogP contribution in [0.15, 0.2) is 54.6 Å². The van der Waals surface area contributed by atoms with Gasteiger partial charge in [0.05, 0.1) is 0 Å². The number of rotatable bonds is 12. The van der Waals surface area contributed by atoms with Crippen molar-refractivity contribution >= 4 is 30.1 Å². The van der Waals surface area contributed by atoms with Gasteiger partial charge >= 0.3 is 18.1 Å². The fraction of sp³-hybridized carbons (Fsp3) is 0.515. The standard InChI is InChI=1S/C33H44N4O6/c1-33(2,3)43-32(41)34-27(13-14-30(39)42-23-24-9-5-4-6-10-24)19-25(22-38)20-36-17-15-28(16-18-36)37-21-26-11-7-8-12-29(26)35-31(37)40/h4-12,22,25,27-28H,13-21,23H2,1-3H3,(H,34,41)(H,35,40). The Morgan fingerprint density at radius 1 is 1.07 bits per heavy atom. The molecule has 0 radical (unpaired) electrons. The maximum Gasteiger partial charge on any atom is 0.407 e.